The van der Waals surface area contributed by atoms with Gasteiger partial charge in [-0.2, -0.15) is 0 Å². The van der Waals surface area contributed by atoms with E-state index < -0.39 is 16.8 Å². The third-order valence-corrected chi connectivity index (χ3v) is 6.64. The smallest absolute Gasteiger partial charge is 0.335 e. The Labute approximate surface area is 190 Å². The lowest BCUT2D eigenvalue weighted by molar-refractivity contribution is -0.136. The number of fused-ring (bicyclic) bond motifs is 1. The second-order valence-electron chi connectivity index (χ2n) is 6.70. The molecule has 0 saturated carbocycles. The van der Waals surface area contributed by atoms with Crippen molar-refractivity contribution >= 4 is 46.8 Å². The van der Waals surface area contributed by atoms with Crippen molar-refractivity contribution in [2.24, 2.45) is 0 Å². The molecule has 162 valence electrons. The fraction of sp³-hybridized carbons (Fsp3) is 0.0909. The maximum atomic E-state index is 12.5. The number of carboxylic acids is 2. The van der Waals surface area contributed by atoms with Gasteiger partial charge in [0.05, 0.1) is 23.4 Å². The van der Waals surface area contributed by atoms with Crippen LogP contribution in [0.15, 0.2) is 69.0 Å². The minimum atomic E-state index is -1.09. The number of hydrogen-bond donors (Lipinski definition) is 3. The first-order valence-electron chi connectivity index (χ1n) is 9.36. The van der Waals surface area contributed by atoms with E-state index in [0.29, 0.717) is 10.7 Å². The number of carboxylic acid groups (broad SMARTS) is 2. The van der Waals surface area contributed by atoms with Crippen molar-refractivity contribution in [2.75, 3.05) is 11.4 Å². The second kappa shape index (κ2) is 8.80. The van der Waals surface area contributed by atoms with E-state index in [9.17, 15) is 19.5 Å². The highest BCUT2D eigenvalue weighted by Crippen LogP contribution is 2.45. The number of nitrogens with zero attached hydrogens (tertiary/aromatic N) is 2. The number of carbonyl (C=O) groups is 2. The molecule has 0 bridgehead atoms. The molecule has 0 spiro atoms. The van der Waals surface area contributed by atoms with Crippen LogP contribution >= 0.6 is 23.1 Å². The first-order valence-corrected chi connectivity index (χ1v) is 11.0. The molecule has 2 aromatic carbocycles. The summed E-state index contributed by atoms with van der Waals surface area (Å²) in [5.41, 5.74) is 4.37. The minimum absolute atomic E-state index is 0.0542. The molecule has 8 nitrogen and oxygen atoms in total. The van der Waals surface area contributed by atoms with Gasteiger partial charge in [0.2, 0.25) is 5.88 Å². The fourth-order valence-corrected chi connectivity index (χ4v) is 4.98. The molecule has 32 heavy (non-hydrogen) atoms. The molecule has 0 saturated heterocycles. The zero-order chi connectivity index (χ0) is 22.8. The van der Waals surface area contributed by atoms with Gasteiger partial charge >= 0.3 is 16.8 Å². The van der Waals surface area contributed by atoms with Crippen molar-refractivity contribution in [3.05, 3.63) is 79.4 Å². The highest BCUT2D eigenvalue weighted by Gasteiger charge is 2.25. The Hall–Kier alpha value is -3.72. The lowest BCUT2D eigenvalue weighted by Gasteiger charge is -2.17. The Morgan fingerprint density at radius 1 is 1.06 bits per heavy atom. The van der Waals surface area contributed by atoms with E-state index in [2.05, 4.69) is 5.73 Å². The molecule has 1 aliphatic heterocycles. The molecule has 0 amide bonds. The van der Waals surface area contributed by atoms with Crippen molar-refractivity contribution in [1.29, 1.82) is 0 Å². The molecule has 1 aliphatic rings. The van der Waals surface area contributed by atoms with Crippen molar-refractivity contribution in [1.82, 2.24) is 4.57 Å². The van der Waals surface area contributed by atoms with Gasteiger partial charge in [-0.15, -0.1) is 0 Å². The number of benzene rings is 2. The number of aromatic nitrogens is 1. The van der Waals surface area contributed by atoms with Crippen LogP contribution in [0.25, 0.3) is 11.8 Å². The SMILES string of the molecule is O=C(O)CCN1C(=C=Cc2sc(=O)n(-c3ccc(C(=O)O)cc3)c2O)Sc2ccccc21. The predicted molar refractivity (Wildman–Crippen MR) is 122 cm³/mol. The van der Waals surface area contributed by atoms with Crippen LogP contribution in [0.5, 0.6) is 5.88 Å². The summed E-state index contributed by atoms with van der Waals surface area (Å²) in [5.74, 6) is -2.28. The van der Waals surface area contributed by atoms with E-state index in [1.165, 1.54) is 42.1 Å². The van der Waals surface area contributed by atoms with Gasteiger partial charge in [0, 0.05) is 17.5 Å². The highest BCUT2D eigenvalue weighted by atomic mass is 32.2. The molecular formula is C22H16N2O6S2. The predicted octanol–water partition coefficient (Wildman–Crippen LogP) is 3.84. The maximum absolute atomic E-state index is 12.5. The number of hydrogen-bond acceptors (Lipinski definition) is 7. The molecule has 1 aromatic heterocycles. The summed E-state index contributed by atoms with van der Waals surface area (Å²) in [4.78, 5) is 37.2. The van der Waals surface area contributed by atoms with E-state index in [1.54, 1.807) is 0 Å². The lowest BCUT2D eigenvalue weighted by atomic mass is 10.2. The van der Waals surface area contributed by atoms with Gasteiger partial charge in [-0.25, -0.2) is 9.36 Å². The number of aromatic carboxylic acids is 1. The van der Waals surface area contributed by atoms with Gasteiger partial charge in [-0.3, -0.25) is 9.59 Å². The zero-order valence-corrected chi connectivity index (χ0v) is 18.0. The summed E-state index contributed by atoms with van der Waals surface area (Å²) in [6.45, 7) is 0.259. The van der Waals surface area contributed by atoms with Crippen molar-refractivity contribution in [3.63, 3.8) is 0 Å². The van der Waals surface area contributed by atoms with Crippen LogP contribution in [-0.4, -0.2) is 38.4 Å². The molecule has 3 N–H and O–H groups in total. The van der Waals surface area contributed by atoms with E-state index in [4.69, 9.17) is 10.2 Å². The van der Waals surface area contributed by atoms with Gasteiger partial charge in [-0.1, -0.05) is 41.0 Å². The number of para-hydroxylation sites is 1. The second-order valence-corrected chi connectivity index (χ2v) is 8.73. The topological polar surface area (TPSA) is 120 Å². The summed E-state index contributed by atoms with van der Waals surface area (Å²) in [6, 6.07) is 13.2. The summed E-state index contributed by atoms with van der Waals surface area (Å²) >= 11 is 2.24. The Balaban J connectivity index is 1.69. The molecule has 3 aromatic rings. The normalized spacial score (nSPS) is 12.4. The summed E-state index contributed by atoms with van der Waals surface area (Å²) in [5, 5.41) is 29.4. The monoisotopic (exact) mass is 468 g/mol. The Morgan fingerprint density at radius 3 is 2.47 bits per heavy atom. The third kappa shape index (κ3) is 4.19. The number of aromatic hydroxyl groups is 1. The zero-order valence-electron chi connectivity index (χ0n) is 16.4. The maximum Gasteiger partial charge on any atom is 0.335 e. The average molecular weight is 469 g/mol. The van der Waals surface area contributed by atoms with E-state index in [0.717, 1.165) is 26.5 Å². The first-order chi connectivity index (χ1) is 15.3. The van der Waals surface area contributed by atoms with Gasteiger partial charge in [0.15, 0.2) is 0 Å². The first kappa shape index (κ1) is 21.5. The number of thioether (sulfide) groups is 1. The Morgan fingerprint density at radius 2 is 1.78 bits per heavy atom. The molecule has 0 fully saturated rings. The molecule has 0 radical (unpaired) electrons. The van der Waals surface area contributed by atoms with E-state index >= 15 is 0 Å². The molecular weight excluding hydrogens is 452 g/mol. The molecule has 0 aliphatic carbocycles. The largest absolute Gasteiger partial charge is 0.493 e. The quantitative estimate of drug-likeness (QED) is 0.467. The lowest BCUT2D eigenvalue weighted by Crippen LogP contribution is -2.21. The summed E-state index contributed by atoms with van der Waals surface area (Å²) < 4.78 is 1.09. The van der Waals surface area contributed by atoms with Crippen LogP contribution in [0.4, 0.5) is 5.69 Å². The molecule has 0 atom stereocenters. The highest BCUT2D eigenvalue weighted by molar-refractivity contribution is 8.03. The number of thiazole rings is 1. The summed E-state index contributed by atoms with van der Waals surface area (Å²) in [7, 11) is 0. The van der Waals surface area contributed by atoms with Crippen LogP contribution in [0.3, 0.4) is 0 Å². The Bertz CT molecular complexity index is 1330. The number of anilines is 1. The van der Waals surface area contributed by atoms with Crippen LogP contribution < -0.4 is 9.77 Å². The van der Waals surface area contributed by atoms with E-state index in [-0.39, 0.29) is 29.3 Å². The van der Waals surface area contributed by atoms with Crippen LogP contribution in [0, 0.1) is 0 Å². The fourth-order valence-electron chi connectivity index (χ4n) is 3.16. The molecule has 2 heterocycles. The molecule has 0 unspecified atom stereocenters. The van der Waals surface area contributed by atoms with E-state index in [1.807, 2.05) is 29.2 Å². The third-order valence-electron chi connectivity index (χ3n) is 4.67. The van der Waals surface area contributed by atoms with Crippen molar-refractivity contribution in [3.8, 4) is 11.6 Å². The van der Waals surface area contributed by atoms with Gasteiger partial charge in [0.1, 0.15) is 9.91 Å². The average Bonchev–Trinajstić information content (AvgIpc) is 3.26. The van der Waals surface area contributed by atoms with Crippen LogP contribution in [0.1, 0.15) is 21.7 Å². The van der Waals surface area contributed by atoms with Gasteiger partial charge in [-0.05, 0) is 36.4 Å². The van der Waals surface area contributed by atoms with Crippen molar-refractivity contribution < 1.29 is 24.9 Å². The molecule has 4 rings (SSSR count). The number of rotatable bonds is 6. The van der Waals surface area contributed by atoms with Crippen LogP contribution in [-0.2, 0) is 4.79 Å². The van der Waals surface area contributed by atoms with Gasteiger partial charge in [0.25, 0.3) is 0 Å². The van der Waals surface area contributed by atoms with Crippen molar-refractivity contribution in [2.45, 2.75) is 11.3 Å². The molecule has 10 heteroatoms. The van der Waals surface area contributed by atoms with Crippen LogP contribution in [0.2, 0.25) is 0 Å². The van der Waals surface area contributed by atoms with Gasteiger partial charge < -0.3 is 20.2 Å². The minimum Gasteiger partial charge on any atom is -0.493 e. The Kier molecular flexibility index (Phi) is 5.91. The summed E-state index contributed by atoms with van der Waals surface area (Å²) in [6.07, 6.45) is 1.44. The number of aliphatic carboxylic acids is 1. The standard InChI is InChI=1S/C22H16N2O6S2/c25-19(26)11-12-23-15-3-1-2-4-16(15)31-18(23)10-9-17-20(27)24(22(30)32-17)14-7-5-13(6-8-14)21(28)29/h1-9,27H,11-12H2,(H,25,26)(H,28,29).